The number of likely N-dealkylation sites (tertiary alicyclic amines) is 1. The van der Waals surface area contributed by atoms with Crippen LogP contribution in [-0.2, 0) is 16.9 Å². The van der Waals surface area contributed by atoms with Gasteiger partial charge in [-0.1, -0.05) is 5.21 Å². The Morgan fingerprint density at radius 3 is 2.79 bits per heavy atom. The molecule has 19 heavy (non-hydrogen) atoms. The number of aromatic nitrogens is 3. The Bertz CT molecular complexity index is 448. The van der Waals surface area contributed by atoms with Crippen LogP contribution in [0.25, 0.3) is 0 Å². The van der Waals surface area contributed by atoms with Crippen LogP contribution in [0.15, 0.2) is 6.20 Å². The molecule has 1 aliphatic rings. The second-order valence-corrected chi connectivity index (χ2v) is 6.22. The molecule has 0 aromatic carbocycles. The Kier molecular flexibility index (Phi) is 3.89. The molecule has 0 saturated carbocycles. The fourth-order valence-corrected chi connectivity index (χ4v) is 2.14. The quantitative estimate of drug-likeness (QED) is 0.875. The minimum absolute atomic E-state index is 0.0390. The van der Waals surface area contributed by atoms with Crippen molar-refractivity contribution in [3.63, 3.8) is 0 Å². The number of amides is 1. The Morgan fingerprint density at radius 2 is 2.21 bits per heavy atom. The summed E-state index contributed by atoms with van der Waals surface area (Å²) in [4.78, 5) is 13.2. The Morgan fingerprint density at radius 1 is 1.47 bits per heavy atom. The first-order chi connectivity index (χ1) is 8.86. The Balaban J connectivity index is 1.86. The molecular weight excluding hydrogens is 242 g/mol. The van der Waals surface area contributed by atoms with Crippen LogP contribution in [0, 0.1) is 0 Å². The third kappa shape index (κ3) is 3.53. The van der Waals surface area contributed by atoms with Crippen LogP contribution in [0.5, 0.6) is 0 Å². The molecule has 0 aliphatic carbocycles. The van der Waals surface area contributed by atoms with Crippen molar-refractivity contribution < 1.29 is 4.79 Å². The molecule has 0 spiro atoms. The van der Waals surface area contributed by atoms with Gasteiger partial charge in [0.1, 0.15) is 0 Å². The molecular formula is C13H23N5O. The maximum absolute atomic E-state index is 11.4. The molecule has 0 bridgehead atoms. The first kappa shape index (κ1) is 14.0. The number of hydrogen-bond acceptors (Lipinski definition) is 4. The summed E-state index contributed by atoms with van der Waals surface area (Å²) in [6.07, 6.45) is 3.50. The summed E-state index contributed by atoms with van der Waals surface area (Å²) in [6, 6.07) is 0.350. The Hall–Kier alpha value is -1.43. The van der Waals surface area contributed by atoms with Crippen LogP contribution in [0.4, 0.5) is 0 Å². The highest BCUT2D eigenvalue weighted by molar-refractivity contribution is 5.76. The number of nitrogens with zero attached hydrogens (tertiary/aromatic N) is 4. The highest BCUT2D eigenvalue weighted by Gasteiger charge is 2.22. The van der Waals surface area contributed by atoms with Crippen molar-refractivity contribution in [1.29, 1.82) is 0 Å². The molecule has 1 atom stereocenters. The highest BCUT2D eigenvalue weighted by Crippen LogP contribution is 2.13. The lowest BCUT2D eigenvalue weighted by molar-refractivity contribution is -0.132. The molecule has 0 radical (unpaired) electrons. The van der Waals surface area contributed by atoms with E-state index in [9.17, 15) is 4.79 Å². The zero-order chi connectivity index (χ0) is 14.0. The van der Waals surface area contributed by atoms with Crippen molar-refractivity contribution in [2.24, 2.45) is 0 Å². The van der Waals surface area contributed by atoms with Gasteiger partial charge in [-0.25, -0.2) is 4.68 Å². The van der Waals surface area contributed by atoms with Crippen molar-refractivity contribution in [3.8, 4) is 0 Å². The second kappa shape index (κ2) is 5.28. The molecule has 1 aromatic heterocycles. The normalized spacial score (nSPS) is 20.9. The summed E-state index contributed by atoms with van der Waals surface area (Å²) in [5.41, 5.74) is 0.900. The first-order valence-corrected chi connectivity index (χ1v) is 6.75. The molecule has 6 heteroatoms. The molecule has 2 heterocycles. The lowest BCUT2D eigenvalue weighted by atomic mass is 10.1. The van der Waals surface area contributed by atoms with Gasteiger partial charge in [-0.05, 0) is 27.2 Å². The van der Waals surface area contributed by atoms with Crippen LogP contribution >= 0.6 is 0 Å². The number of hydrogen-bond donors (Lipinski definition) is 1. The van der Waals surface area contributed by atoms with Gasteiger partial charge >= 0.3 is 0 Å². The van der Waals surface area contributed by atoms with E-state index in [1.165, 1.54) is 0 Å². The van der Waals surface area contributed by atoms with Crippen molar-refractivity contribution in [3.05, 3.63) is 11.9 Å². The molecule has 1 fully saturated rings. The first-order valence-electron chi connectivity index (χ1n) is 6.75. The monoisotopic (exact) mass is 265 g/mol. The second-order valence-electron chi connectivity index (χ2n) is 6.22. The third-order valence-electron chi connectivity index (χ3n) is 3.43. The molecule has 1 N–H and O–H groups in total. The summed E-state index contributed by atoms with van der Waals surface area (Å²) >= 11 is 0. The number of rotatable bonds is 3. The average Bonchev–Trinajstić information content (AvgIpc) is 2.79. The zero-order valence-electron chi connectivity index (χ0n) is 12.2. The lowest BCUT2D eigenvalue weighted by Gasteiger charge is -2.30. The van der Waals surface area contributed by atoms with Crippen LogP contribution in [0.3, 0.4) is 0 Å². The van der Waals surface area contributed by atoms with E-state index in [0.717, 1.165) is 18.7 Å². The number of carbonyl (C=O) groups excluding carboxylic acids is 1. The topological polar surface area (TPSA) is 63.1 Å². The minimum atomic E-state index is -0.0390. The van der Waals surface area contributed by atoms with Gasteiger partial charge in [-0.3, -0.25) is 4.79 Å². The molecule has 2 rings (SSSR count). The summed E-state index contributed by atoms with van der Waals surface area (Å²) in [5.74, 6) is 0.233. The predicted molar refractivity (Wildman–Crippen MR) is 72.5 cm³/mol. The van der Waals surface area contributed by atoms with Crippen LogP contribution in [0.1, 0.15) is 39.3 Å². The highest BCUT2D eigenvalue weighted by atomic mass is 16.2. The summed E-state index contributed by atoms with van der Waals surface area (Å²) in [5, 5.41) is 11.8. The van der Waals surface area contributed by atoms with E-state index in [4.69, 9.17) is 0 Å². The molecule has 1 aliphatic heterocycles. The summed E-state index contributed by atoms with van der Waals surface area (Å²) < 4.78 is 1.88. The Labute approximate surface area is 114 Å². The van der Waals surface area contributed by atoms with Crippen LogP contribution < -0.4 is 5.32 Å². The SMILES string of the molecule is CN1CC(NCc2cn(C(C)(C)C)nn2)CCC1=O. The van der Waals surface area contributed by atoms with E-state index in [0.29, 0.717) is 19.0 Å². The van der Waals surface area contributed by atoms with Crippen molar-refractivity contribution in [2.45, 2.75) is 51.7 Å². The van der Waals surface area contributed by atoms with Gasteiger partial charge in [0.25, 0.3) is 0 Å². The summed E-state index contributed by atoms with van der Waals surface area (Å²) in [7, 11) is 1.85. The maximum Gasteiger partial charge on any atom is 0.222 e. The average molecular weight is 265 g/mol. The van der Waals surface area contributed by atoms with Gasteiger partial charge in [0.05, 0.1) is 17.4 Å². The van der Waals surface area contributed by atoms with Gasteiger partial charge in [0.15, 0.2) is 0 Å². The zero-order valence-corrected chi connectivity index (χ0v) is 12.2. The van der Waals surface area contributed by atoms with E-state index in [1.807, 2.05) is 17.9 Å². The fraction of sp³-hybridized carbons (Fsp3) is 0.769. The van der Waals surface area contributed by atoms with Crippen molar-refractivity contribution in [1.82, 2.24) is 25.2 Å². The van der Waals surface area contributed by atoms with E-state index < -0.39 is 0 Å². The van der Waals surface area contributed by atoms with Crippen molar-refractivity contribution >= 4 is 5.91 Å². The van der Waals surface area contributed by atoms with Gasteiger partial charge in [-0.2, -0.15) is 0 Å². The molecule has 1 saturated heterocycles. The van der Waals surface area contributed by atoms with Crippen LogP contribution in [-0.4, -0.2) is 45.4 Å². The largest absolute Gasteiger partial charge is 0.344 e. The van der Waals surface area contributed by atoms with E-state index in [2.05, 4.69) is 36.4 Å². The number of nitrogens with one attached hydrogen (secondary N) is 1. The molecule has 106 valence electrons. The third-order valence-corrected chi connectivity index (χ3v) is 3.43. The van der Waals surface area contributed by atoms with Gasteiger partial charge < -0.3 is 10.2 Å². The number of carbonyl (C=O) groups is 1. The smallest absolute Gasteiger partial charge is 0.222 e. The van der Waals surface area contributed by atoms with Crippen molar-refractivity contribution in [2.75, 3.05) is 13.6 Å². The lowest BCUT2D eigenvalue weighted by Crippen LogP contribution is -2.46. The van der Waals surface area contributed by atoms with Gasteiger partial charge in [-0.15, -0.1) is 5.10 Å². The van der Waals surface area contributed by atoms with E-state index in [1.54, 1.807) is 4.90 Å². The fourth-order valence-electron chi connectivity index (χ4n) is 2.14. The van der Waals surface area contributed by atoms with E-state index in [-0.39, 0.29) is 11.4 Å². The molecule has 6 nitrogen and oxygen atoms in total. The predicted octanol–water partition coefficient (Wildman–Crippen LogP) is 0.743. The van der Waals surface area contributed by atoms with Gasteiger partial charge in [0, 0.05) is 32.6 Å². The van der Waals surface area contributed by atoms with Gasteiger partial charge in [0.2, 0.25) is 5.91 Å². The molecule has 1 aromatic rings. The minimum Gasteiger partial charge on any atom is -0.344 e. The summed E-state index contributed by atoms with van der Waals surface area (Å²) in [6.45, 7) is 7.76. The molecule has 1 amide bonds. The van der Waals surface area contributed by atoms with E-state index >= 15 is 0 Å². The van der Waals surface area contributed by atoms with Crippen LogP contribution in [0.2, 0.25) is 0 Å². The number of piperidine rings is 1. The maximum atomic E-state index is 11.4. The molecule has 1 unspecified atom stereocenters. The number of likely N-dealkylation sites (N-methyl/N-ethyl adjacent to an activating group) is 1. The standard InChI is InChI=1S/C13H23N5O/c1-13(2,3)18-9-11(15-16-18)7-14-10-5-6-12(19)17(4)8-10/h9-10,14H,5-8H2,1-4H3.